The largest absolute Gasteiger partial charge is 0.349 e. The number of hydrogen-bond donors (Lipinski definition) is 1. The molecule has 0 amide bonds. The maximum atomic E-state index is 6.03. The highest BCUT2D eigenvalue weighted by Gasteiger charge is 2.39. The van der Waals surface area contributed by atoms with Gasteiger partial charge in [-0.25, -0.2) is 0 Å². The van der Waals surface area contributed by atoms with Gasteiger partial charge in [-0.1, -0.05) is 24.6 Å². The Morgan fingerprint density at radius 2 is 2.18 bits per heavy atom. The second-order valence-electron chi connectivity index (χ2n) is 5.13. The molecule has 1 saturated carbocycles. The maximum absolute atomic E-state index is 6.03. The molecular formula is C14H17BrN2. The second kappa shape index (κ2) is 3.85. The summed E-state index contributed by atoms with van der Waals surface area (Å²) in [5.74, 6) is 0. The van der Waals surface area contributed by atoms with Gasteiger partial charge in [-0.3, -0.25) is 0 Å². The van der Waals surface area contributed by atoms with Gasteiger partial charge in [-0.05, 0) is 34.3 Å². The van der Waals surface area contributed by atoms with Crippen molar-refractivity contribution in [1.82, 2.24) is 4.57 Å². The van der Waals surface area contributed by atoms with Crippen LogP contribution >= 0.6 is 15.9 Å². The molecule has 2 nitrogen and oxygen atoms in total. The Labute approximate surface area is 110 Å². The lowest BCUT2D eigenvalue weighted by molar-refractivity contribution is 0.254. The number of para-hydroxylation sites is 1. The lowest BCUT2D eigenvalue weighted by atomic mass is 9.64. The molecule has 17 heavy (non-hydrogen) atoms. The summed E-state index contributed by atoms with van der Waals surface area (Å²) in [7, 11) is 2.11. The van der Waals surface area contributed by atoms with Crippen LogP contribution < -0.4 is 5.73 Å². The number of rotatable bonds is 2. The van der Waals surface area contributed by atoms with E-state index in [0.717, 1.165) is 6.54 Å². The summed E-state index contributed by atoms with van der Waals surface area (Å²) in [6, 6.07) is 6.57. The molecule has 2 aromatic rings. The van der Waals surface area contributed by atoms with Crippen molar-refractivity contribution in [3.63, 3.8) is 0 Å². The molecule has 1 aliphatic carbocycles. The van der Waals surface area contributed by atoms with Gasteiger partial charge in [0.1, 0.15) is 0 Å². The molecule has 0 aliphatic heterocycles. The molecule has 3 rings (SSSR count). The van der Waals surface area contributed by atoms with E-state index in [1.807, 2.05) is 0 Å². The Balaban J connectivity index is 2.29. The number of halogens is 1. The Bertz CT molecular complexity index is 561. The maximum Gasteiger partial charge on any atom is 0.0528 e. The third-order valence-corrected chi connectivity index (χ3v) is 4.86. The monoisotopic (exact) mass is 292 g/mol. The van der Waals surface area contributed by atoms with Gasteiger partial charge >= 0.3 is 0 Å². The van der Waals surface area contributed by atoms with Crippen LogP contribution in [0.2, 0.25) is 0 Å². The molecule has 0 saturated heterocycles. The van der Waals surface area contributed by atoms with E-state index in [9.17, 15) is 0 Å². The molecule has 0 radical (unpaired) electrons. The average Bonchev–Trinajstić information content (AvgIpc) is 2.55. The highest BCUT2D eigenvalue weighted by atomic mass is 79.9. The minimum Gasteiger partial charge on any atom is -0.349 e. The quantitative estimate of drug-likeness (QED) is 0.904. The standard InChI is InChI=1S/C14H17BrN2/c1-17-8-12(15)10-4-2-5-11(13(10)17)14(9-16)6-3-7-14/h2,4-5,8H,3,6-7,9,16H2,1H3. The highest BCUT2D eigenvalue weighted by Crippen LogP contribution is 2.46. The van der Waals surface area contributed by atoms with Crippen LogP contribution in [0.4, 0.5) is 0 Å². The van der Waals surface area contributed by atoms with Gasteiger partial charge in [-0.15, -0.1) is 0 Å². The molecule has 1 fully saturated rings. The van der Waals surface area contributed by atoms with E-state index in [1.54, 1.807) is 0 Å². The number of fused-ring (bicyclic) bond motifs is 1. The average molecular weight is 293 g/mol. The van der Waals surface area contributed by atoms with Crippen molar-refractivity contribution in [2.24, 2.45) is 12.8 Å². The summed E-state index contributed by atoms with van der Waals surface area (Å²) >= 11 is 3.63. The van der Waals surface area contributed by atoms with Crippen LogP contribution in [0.5, 0.6) is 0 Å². The SMILES string of the molecule is Cn1cc(Br)c2cccc(C3(CN)CCC3)c21. The van der Waals surface area contributed by atoms with Crippen LogP contribution in [0.1, 0.15) is 24.8 Å². The normalized spacial score (nSPS) is 18.3. The molecule has 0 unspecified atom stereocenters. The van der Waals surface area contributed by atoms with Crippen LogP contribution in [-0.4, -0.2) is 11.1 Å². The summed E-state index contributed by atoms with van der Waals surface area (Å²) < 4.78 is 3.38. The van der Waals surface area contributed by atoms with Crippen molar-refractivity contribution in [2.75, 3.05) is 6.54 Å². The summed E-state index contributed by atoms with van der Waals surface area (Å²) in [5.41, 5.74) is 9.02. The third kappa shape index (κ3) is 1.49. The lowest BCUT2D eigenvalue weighted by Gasteiger charge is -2.42. The number of aryl methyl sites for hydroxylation is 1. The lowest BCUT2D eigenvalue weighted by Crippen LogP contribution is -2.41. The van der Waals surface area contributed by atoms with Crippen molar-refractivity contribution in [1.29, 1.82) is 0 Å². The van der Waals surface area contributed by atoms with Gasteiger partial charge in [0.2, 0.25) is 0 Å². The fourth-order valence-corrected chi connectivity index (χ4v) is 3.66. The van der Waals surface area contributed by atoms with E-state index in [2.05, 4.69) is 51.9 Å². The molecule has 2 N–H and O–H groups in total. The van der Waals surface area contributed by atoms with Crippen LogP contribution in [0.15, 0.2) is 28.9 Å². The van der Waals surface area contributed by atoms with Crippen LogP contribution in [0.3, 0.4) is 0 Å². The predicted molar refractivity (Wildman–Crippen MR) is 75.2 cm³/mol. The molecule has 0 spiro atoms. The van der Waals surface area contributed by atoms with Gasteiger partial charge in [-0.2, -0.15) is 0 Å². The topological polar surface area (TPSA) is 30.9 Å². The summed E-state index contributed by atoms with van der Waals surface area (Å²) in [4.78, 5) is 0. The van der Waals surface area contributed by atoms with Crippen molar-refractivity contribution in [3.8, 4) is 0 Å². The van der Waals surface area contributed by atoms with Crippen LogP contribution in [0, 0.1) is 0 Å². The molecule has 1 heterocycles. The Morgan fingerprint density at radius 1 is 1.41 bits per heavy atom. The van der Waals surface area contributed by atoms with Gasteiger partial charge in [0.15, 0.2) is 0 Å². The molecule has 90 valence electrons. The van der Waals surface area contributed by atoms with Crippen molar-refractivity contribution < 1.29 is 0 Å². The first kappa shape index (κ1) is 11.3. The van der Waals surface area contributed by atoms with Crippen molar-refractivity contribution in [3.05, 3.63) is 34.4 Å². The molecule has 1 aromatic carbocycles. The Morgan fingerprint density at radius 3 is 2.76 bits per heavy atom. The van der Waals surface area contributed by atoms with Crippen LogP contribution in [-0.2, 0) is 12.5 Å². The molecule has 3 heteroatoms. The Hall–Kier alpha value is -0.800. The highest BCUT2D eigenvalue weighted by molar-refractivity contribution is 9.10. The minimum atomic E-state index is 0.227. The number of aromatic nitrogens is 1. The molecular weight excluding hydrogens is 276 g/mol. The number of nitrogens with two attached hydrogens (primary N) is 1. The smallest absolute Gasteiger partial charge is 0.0528 e. The van der Waals surface area contributed by atoms with Crippen molar-refractivity contribution in [2.45, 2.75) is 24.7 Å². The van der Waals surface area contributed by atoms with Gasteiger partial charge in [0.05, 0.1) is 5.52 Å². The van der Waals surface area contributed by atoms with Gasteiger partial charge in [0, 0.05) is 35.1 Å². The Kier molecular flexibility index (Phi) is 2.56. The second-order valence-corrected chi connectivity index (χ2v) is 5.98. The first-order valence-electron chi connectivity index (χ1n) is 6.12. The van der Waals surface area contributed by atoms with E-state index in [-0.39, 0.29) is 5.41 Å². The molecule has 1 aromatic heterocycles. The zero-order chi connectivity index (χ0) is 12.0. The summed E-state index contributed by atoms with van der Waals surface area (Å²) in [6.07, 6.45) is 5.90. The van der Waals surface area contributed by atoms with E-state index < -0.39 is 0 Å². The zero-order valence-electron chi connectivity index (χ0n) is 10.0. The molecule has 0 atom stereocenters. The molecule has 1 aliphatic rings. The van der Waals surface area contributed by atoms with Gasteiger partial charge in [0.25, 0.3) is 0 Å². The van der Waals surface area contributed by atoms with E-state index in [1.165, 1.54) is 40.2 Å². The van der Waals surface area contributed by atoms with E-state index >= 15 is 0 Å². The molecule has 0 bridgehead atoms. The minimum absolute atomic E-state index is 0.227. The van der Waals surface area contributed by atoms with E-state index in [4.69, 9.17) is 5.73 Å². The van der Waals surface area contributed by atoms with Gasteiger partial charge < -0.3 is 10.3 Å². The van der Waals surface area contributed by atoms with Crippen LogP contribution in [0.25, 0.3) is 10.9 Å². The summed E-state index contributed by atoms with van der Waals surface area (Å²) in [6.45, 7) is 0.759. The summed E-state index contributed by atoms with van der Waals surface area (Å²) in [5, 5.41) is 1.30. The number of nitrogens with zero attached hydrogens (tertiary/aromatic N) is 1. The van der Waals surface area contributed by atoms with Crippen molar-refractivity contribution >= 4 is 26.8 Å². The zero-order valence-corrected chi connectivity index (χ0v) is 11.6. The van der Waals surface area contributed by atoms with E-state index in [0.29, 0.717) is 0 Å². The first-order valence-corrected chi connectivity index (χ1v) is 6.91. The fraction of sp³-hybridized carbons (Fsp3) is 0.429. The predicted octanol–water partition coefficient (Wildman–Crippen LogP) is 3.32. The number of benzene rings is 1. The third-order valence-electron chi connectivity index (χ3n) is 4.23. The number of hydrogen-bond acceptors (Lipinski definition) is 1. The fourth-order valence-electron chi connectivity index (χ4n) is 3.04. The first-order chi connectivity index (χ1) is 8.18.